The number of anilines is 1. The average Bonchev–Trinajstić information content (AvgIpc) is 3.21. The summed E-state index contributed by atoms with van der Waals surface area (Å²) in [6.45, 7) is 4.55. The summed E-state index contributed by atoms with van der Waals surface area (Å²) in [6, 6.07) is 7.75. The molecule has 1 aromatic carbocycles. The Kier molecular flexibility index (Phi) is 8.45. The van der Waals surface area contributed by atoms with Gasteiger partial charge < -0.3 is 15.0 Å². The van der Waals surface area contributed by atoms with Crippen molar-refractivity contribution in [2.24, 2.45) is 5.92 Å². The van der Waals surface area contributed by atoms with Crippen molar-refractivity contribution in [2.45, 2.75) is 39.0 Å². The summed E-state index contributed by atoms with van der Waals surface area (Å²) >= 11 is 7.37. The molecule has 30 heavy (non-hydrogen) atoms. The van der Waals surface area contributed by atoms with Gasteiger partial charge in [0.1, 0.15) is 5.82 Å². The molecule has 0 unspecified atom stereocenters. The maximum absolute atomic E-state index is 11.9. The monoisotopic (exact) mass is 450 g/mol. The Labute approximate surface area is 185 Å². The van der Waals surface area contributed by atoms with Crippen LogP contribution in [0.3, 0.4) is 0 Å². The zero-order chi connectivity index (χ0) is 21.3. The second-order valence-electron chi connectivity index (χ2n) is 7.34. The number of halogens is 1. The lowest BCUT2D eigenvalue weighted by Crippen LogP contribution is -2.38. The molecule has 3 rings (SSSR count). The molecular weight excluding hydrogens is 424 g/mol. The van der Waals surface area contributed by atoms with Crippen LogP contribution in [-0.2, 0) is 20.7 Å². The van der Waals surface area contributed by atoms with Gasteiger partial charge in [-0.2, -0.15) is 4.37 Å². The number of amides is 1. The summed E-state index contributed by atoms with van der Waals surface area (Å²) in [6.07, 6.45) is 2.99. The Balaban J connectivity index is 1.38. The number of esters is 1. The molecular formula is C21H27ClN4O3S. The highest BCUT2D eigenvalue weighted by atomic mass is 35.5. The molecule has 0 radical (unpaired) electrons. The van der Waals surface area contributed by atoms with E-state index in [0.29, 0.717) is 25.5 Å². The van der Waals surface area contributed by atoms with Crippen molar-refractivity contribution < 1.29 is 14.3 Å². The van der Waals surface area contributed by atoms with Crippen LogP contribution in [0.25, 0.3) is 0 Å². The Bertz CT molecular complexity index is 835. The lowest BCUT2D eigenvalue weighted by atomic mass is 9.97. The molecule has 7 nitrogen and oxygen atoms in total. The normalized spacial score (nSPS) is 14.5. The molecule has 1 amide bonds. The van der Waals surface area contributed by atoms with Crippen LogP contribution in [0.5, 0.6) is 0 Å². The number of benzene rings is 1. The maximum Gasteiger partial charge on any atom is 0.306 e. The fourth-order valence-electron chi connectivity index (χ4n) is 3.35. The summed E-state index contributed by atoms with van der Waals surface area (Å²) < 4.78 is 9.34. The van der Waals surface area contributed by atoms with Crippen molar-refractivity contribution in [3.8, 4) is 0 Å². The summed E-state index contributed by atoms with van der Waals surface area (Å²) in [5, 5.41) is 4.62. The number of nitrogens with one attached hydrogen (secondary N) is 1. The van der Waals surface area contributed by atoms with E-state index < -0.39 is 0 Å². The number of piperidine rings is 1. The standard InChI is InChI=1S/C21H27ClN4O3S/c1-2-29-20(28)8-7-19(27)23-14-16-9-11-26(12-10-16)21-24-18(25-30-21)13-15-3-5-17(22)6-4-15/h3-6,16H,2,7-14H2,1H3,(H,23,27). The van der Waals surface area contributed by atoms with E-state index in [-0.39, 0.29) is 24.7 Å². The van der Waals surface area contributed by atoms with Crippen molar-refractivity contribution in [3.05, 3.63) is 40.7 Å². The molecule has 162 valence electrons. The molecule has 1 aromatic heterocycles. The third-order valence-corrected chi connectivity index (χ3v) is 6.13. The number of aromatic nitrogens is 2. The number of carbonyl (C=O) groups excluding carboxylic acids is 2. The molecule has 1 aliphatic rings. The highest BCUT2D eigenvalue weighted by Crippen LogP contribution is 2.25. The largest absolute Gasteiger partial charge is 0.466 e. The smallest absolute Gasteiger partial charge is 0.306 e. The summed E-state index contributed by atoms with van der Waals surface area (Å²) in [4.78, 5) is 30.2. The fraction of sp³-hybridized carbons (Fsp3) is 0.524. The number of ether oxygens (including phenoxy) is 1. The summed E-state index contributed by atoms with van der Waals surface area (Å²) in [5.74, 6) is 0.845. The highest BCUT2D eigenvalue weighted by molar-refractivity contribution is 7.09. The van der Waals surface area contributed by atoms with E-state index in [1.54, 1.807) is 6.92 Å². The molecule has 1 N–H and O–H groups in total. The third kappa shape index (κ3) is 6.95. The highest BCUT2D eigenvalue weighted by Gasteiger charge is 2.22. The van der Waals surface area contributed by atoms with E-state index in [1.807, 2.05) is 24.3 Å². The lowest BCUT2D eigenvalue weighted by Gasteiger charge is -2.31. The molecule has 1 fully saturated rings. The first-order chi connectivity index (χ1) is 14.5. The molecule has 0 atom stereocenters. The van der Waals surface area contributed by atoms with Gasteiger partial charge in [0.2, 0.25) is 11.0 Å². The van der Waals surface area contributed by atoms with E-state index in [1.165, 1.54) is 11.5 Å². The van der Waals surface area contributed by atoms with Crippen LogP contribution in [0, 0.1) is 5.92 Å². The van der Waals surface area contributed by atoms with E-state index >= 15 is 0 Å². The van der Waals surface area contributed by atoms with Crippen LogP contribution in [-0.4, -0.2) is 47.5 Å². The molecule has 2 aromatic rings. The van der Waals surface area contributed by atoms with Crippen LogP contribution in [0.2, 0.25) is 5.02 Å². The zero-order valence-corrected chi connectivity index (χ0v) is 18.7. The van der Waals surface area contributed by atoms with Gasteiger partial charge in [-0.25, -0.2) is 4.98 Å². The number of rotatable bonds is 9. The minimum absolute atomic E-state index is 0.0959. The predicted molar refractivity (Wildman–Crippen MR) is 118 cm³/mol. The Morgan fingerprint density at radius 2 is 1.97 bits per heavy atom. The first-order valence-corrected chi connectivity index (χ1v) is 11.4. The second kappa shape index (κ2) is 11.3. The summed E-state index contributed by atoms with van der Waals surface area (Å²) in [5.41, 5.74) is 1.14. The quantitative estimate of drug-likeness (QED) is 0.589. The number of hydrogen-bond donors (Lipinski definition) is 1. The number of carbonyl (C=O) groups is 2. The average molecular weight is 451 g/mol. The number of nitrogens with zero attached hydrogens (tertiary/aromatic N) is 3. The van der Waals surface area contributed by atoms with Gasteiger partial charge in [0, 0.05) is 49.0 Å². The lowest BCUT2D eigenvalue weighted by molar-refractivity contribution is -0.144. The van der Waals surface area contributed by atoms with E-state index in [9.17, 15) is 9.59 Å². The van der Waals surface area contributed by atoms with Crippen LogP contribution in [0.1, 0.15) is 44.0 Å². The van der Waals surface area contributed by atoms with E-state index in [0.717, 1.165) is 47.5 Å². The van der Waals surface area contributed by atoms with Crippen LogP contribution in [0.4, 0.5) is 5.13 Å². The van der Waals surface area contributed by atoms with Gasteiger partial charge in [-0.05, 0) is 43.4 Å². The third-order valence-electron chi connectivity index (χ3n) is 5.07. The van der Waals surface area contributed by atoms with Crippen molar-refractivity contribution in [1.29, 1.82) is 0 Å². The van der Waals surface area contributed by atoms with Crippen molar-refractivity contribution >= 4 is 40.1 Å². The first kappa shape index (κ1) is 22.5. The van der Waals surface area contributed by atoms with Gasteiger partial charge in [-0.3, -0.25) is 9.59 Å². The molecule has 9 heteroatoms. The van der Waals surface area contributed by atoms with Crippen LogP contribution >= 0.6 is 23.1 Å². The van der Waals surface area contributed by atoms with Gasteiger partial charge in [0.25, 0.3) is 0 Å². The molecule has 2 heterocycles. The first-order valence-electron chi connectivity index (χ1n) is 10.3. The number of hydrogen-bond acceptors (Lipinski definition) is 7. The minimum Gasteiger partial charge on any atom is -0.466 e. The van der Waals surface area contributed by atoms with Crippen LogP contribution in [0.15, 0.2) is 24.3 Å². The van der Waals surface area contributed by atoms with Crippen molar-refractivity contribution in [2.75, 3.05) is 31.1 Å². The minimum atomic E-state index is -0.326. The Morgan fingerprint density at radius 3 is 2.67 bits per heavy atom. The molecule has 1 aliphatic heterocycles. The zero-order valence-electron chi connectivity index (χ0n) is 17.1. The Hall–Kier alpha value is -2.19. The summed E-state index contributed by atoms with van der Waals surface area (Å²) in [7, 11) is 0. The Morgan fingerprint density at radius 1 is 1.23 bits per heavy atom. The second-order valence-corrected chi connectivity index (χ2v) is 8.50. The van der Waals surface area contributed by atoms with Gasteiger partial charge in [-0.1, -0.05) is 23.7 Å². The molecule has 0 spiro atoms. The van der Waals surface area contributed by atoms with Crippen LogP contribution < -0.4 is 10.2 Å². The SMILES string of the molecule is CCOC(=O)CCC(=O)NCC1CCN(c2nc(Cc3ccc(Cl)cc3)ns2)CC1. The topological polar surface area (TPSA) is 84.4 Å². The van der Waals surface area contributed by atoms with Gasteiger partial charge in [0.05, 0.1) is 13.0 Å². The van der Waals surface area contributed by atoms with Crippen molar-refractivity contribution in [3.63, 3.8) is 0 Å². The fourth-order valence-corrected chi connectivity index (χ4v) is 4.22. The van der Waals surface area contributed by atoms with Crippen molar-refractivity contribution in [1.82, 2.24) is 14.7 Å². The van der Waals surface area contributed by atoms with E-state index in [4.69, 9.17) is 21.3 Å². The molecule has 1 saturated heterocycles. The van der Waals surface area contributed by atoms with Gasteiger partial charge in [0.15, 0.2) is 0 Å². The van der Waals surface area contributed by atoms with E-state index in [2.05, 4.69) is 14.6 Å². The molecule has 0 bridgehead atoms. The maximum atomic E-state index is 11.9. The predicted octanol–water partition coefficient (Wildman–Crippen LogP) is 3.46. The molecule has 0 aliphatic carbocycles. The van der Waals surface area contributed by atoms with Gasteiger partial charge >= 0.3 is 5.97 Å². The van der Waals surface area contributed by atoms with Gasteiger partial charge in [-0.15, -0.1) is 0 Å². The molecule has 0 saturated carbocycles.